The molecule has 10 rings (SSSR count). The van der Waals surface area contributed by atoms with Gasteiger partial charge < -0.3 is 0 Å². The van der Waals surface area contributed by atoms with Crippen LogP contribution in [-0.2, 0) is 0 Å². The maximum Gasteiger partial charge on any atom is 0.145 e. The van der Waals surface area contributed by atoms with E-state index in [1.165, 1.54) is 49.2 Å². The molecule has 3 heteroatoms. The summed E-state index contributed by atoms with van der Waals surface area (Å²) in [5.74, 6) is 0.938. The lowest BCUT2D eigenvalue weighted by Gasteiger charge is -2.13. The third kappa shape index (κ3) is 4.98. The van der Waals surface area contributed by atoms with Gasteiger partial charge in [0.1, 0.15) is 5.82 Å². The molecule has 0 saturated carbocycles. The molecule has 2 heterocycles. The second-order valence-corrected chi connectivity index (χ2v) is 13.0. The van der Waals surface area contributed by atoms with Gasteiger partial charge in [0.25, 0.3) is 0 Å². The molecule has 0 N–H and O–H groups in total. The highest BCUT2D eigenvalue weighted by molar-refractivity contribution is 6.22. The van der Waals surface area contributed by atoms with E-state index in [9.17, 15) is 0 Å². The Balaban J connectivity index is 0.955. The van der Waals surface area contributed by atoms with Gasteiger partial charge in [-0.05, 0) is 63.4 Å². The van der Waals surface area contributed by atoms with Crippen molar-refractivity contribution in [3.05, 3.63) is 188 Å². The van der Waals surface area contributed by atoms with Gasteiger partial charge >= 0.3 is 0 Å². The van der Waals surface area contributed by atoms with Gasteiger partial charge in [-0.1, -0.05) is 158 Å². The molecule has 0 amide bonds. The Morgan fingerprint density at radius 1 is 0.333 bits per heavy atom. The molecule has 0 aliphatic rings. The maximum absolute atomic E-state index is 5.18. The van der Waals surface area contributed by atoms with Gasteiger partial charge in [-0.25, -0.2) is 9.97 Å². The molecule has 51 heavy (non-hydrogen) atoms. The summed E-state index contributed by atoms with van der Waals surface area (Å²) in [7, 11) is 0. The second kappa shape index (κ2) is 11.9. The molecule has 0 spiro atoms. The summed E-state index contributed by atoms with van der Waals surface area (Å²) in [6.07, 6.45) is 0. The molecule has 8 aromatic carbocycles. The molecule has 0 atom stereocenters. The van der Waals surface area contributed by atoms with Crippen LogP contribution >= 0.6 is 0 Å². The molecule has 238 valence electrons. The zero-order chi connectivity index (χ0) is 33.7. The quantitative estimate of drug-likeness (QED) is 0.174. The van der Waals surface area contributed by atoms with Crippen LogP contribution in [0.25, 0.3) is 94.1 Å². The predicted molar refractivity (Wildman–Crippen MR) is 213 cm³/mol. The van der Waals surface area contributed by atoms with E-state index in [1.54, 1.807) is 0 Å². The second-order valence-electron chi connectivity index (χ2n) is 13.0. The Kier molecular flexibility index (Phi) is 6.81. The topological polar surface area (TPSA) is 30.7 Å². The lowest BCUT2D eigenvalue weighted by atomic mass is 9.94. The third-order valence-corrected chi connectivity index (χ3v) is 10.0. The molecular weight excluding hydrogens is 619 g/mol. The molecule has 0 saturated heterocycles. The van der Waals surface area contributed by atoms with Crippen LogP contribution < -0.4 is 0 Å². The first kappa shape index (κ1) is 29.1. The van der Waals surface area contributed by atoms with Crippen LogP contribution in [0.3, 0.4) is 0 Å². The monoisotopic (exact) mass is 649 g/mol. The van der Waals surface area contributed by atoms with E-state index < -0.39 is 0 Å². The number of aromatic nitrogens is 3. The molecule has 0 unspecified atom stereocenters. The van der Waals surface area contributed by atoms with E-state index >= 15 is 0 Å². The summed E-state index contributed by atoms with van der Waals surface area (Å²) in [5.41, 5.74) is 12.1. The van der Waals surface area contributed by atoms with Crippen molar-refractivity contribution in [1.82, 2.24) is 14.5 Å². The fourth-order valence-corrected chi connectivity index (χ4v) is 7.49. The van der Waals surface area contributed by atoms with Gasteiger partial charge in [0.2, 0.25) is 0 Å². The lowest BCUT2D eigenvalue weighted by molar-refractivity contribution is 1.10. The smallest absolute Gasteiger partial charge is 0.145 e. The number of hydrogen-bond donors (Lipinski definition) is 0. The summed E-state index contributed by atoms with van der Waals surface area (Å²) in [6.45, 7) is 0. The Bertz CT molecular complexity index is 2850. The van der Waals surface area contributed by atoms with Gasteiger partial charge in [0.05, 0.1) is 22.2 Å². The van der Waals surface area contributed by atoms with Crippen LogP contribution in [0.15, 0.2) is 188 Å². The molecule has 0 aliphatic carbocycles. The summed E-state index contributed by atoms with van der Waals surface area (Å²) in [6, 6.07) is 66.7. The minimum atomic E-state index is 0.938. The maximum atomic E-state index is 5.18. The van der Waals surface area contributed by atoms with E-state index in [0.29, 0.717) is 0 Å². The van der Waals surface area contributed by atoms with Crippen LogP contribution in [0.1, 0.15) is 0 Å². The summed E-state index contributed by atoms with van der Waals surface area (Å²) >= 11 is 0. The van der Waals surface area contributed by atoms with E-state index in [0.717, 1.165) is 44.9 Å². The molecular formula is C48H31N3. The van der Waals surface area contributed by atoms with Crippen LogP contribution in [0.4, 0.5) is 0 Å². The lowest BCUT2D eigenvalue weighted by Crippen LogP contribution is -1.97. The van der Waals surface area contributed by atoms with E-state index in [-0.39, 0.29) is 0 Å². The normalized spacial score (nSPS) is 11.5. The summed E-state index contributed by atoms with van der Waals surface area (Å²) in [5, 5.41) is 6.12. The Hall–Kier alpha value is -6.84. The van der Waals surface area contributed by atoms with Gasteiger partial charge in [-0.2, -0.15) is 0 Å². The van der Waals surface area contributed by atoms with Crippen LogP contribution in [0.5, 0.6) is 0 Å². The van der Waals surface area contributed by atoms with E-state index in [2.05, 4.69) is 180 Å². The molecule has 0 fully saturated rings. The number of pyridine rings is 1. The van der Waals surface area contributed by atoms with Crippen molar-refractivity contribution in [3.8, 4) is 50.6 Å². The Morgan fingerprint density at radius 3 is 1.55 bits per heavy atom. The number of nitrogens with zero attached hydrogens (tertiary/aromatic N) is 3. The van der Waals surface area contributed by atoms with Crippen LogP contribution in [0.2, 0.25) is 0 Å². The van der Waals surface area contributed by atoms with Crippen molar-refractivity contribution >= 4 is 43.5 Å². The first-order chi connectivity index (χ1) is 25.3. The fraction of sp³-hybridized carbons (Fsp3) is 0. The highest BCUT2D eigenvalue weighted by Crippen LogP contribution is 2.38. The van der Waals surface area contributed by atoms with Crippen molar-refractivity contribution in [2.75, 3.05) is 0 Å². The molecule has 10 aromatic rings. The summed E-state index contributed by atoms with van der Waals surface area (Å²) < 4.78 is 2.24. The standard InChI is InChI=1S/C48H31N3/c1-2-11-39(12-3-1)51-45-17-9-8-16-44(45)50-48(51)38-28-24-35(25-29-38)33-20-18-32(19-21-33)34-22-26-37(27-23-34)47-42-31-30-36-10-4-5-13-40(36)46(42)41-14-6-7-15-43(41)49-47/h1-31H. The third-order valence-electron chi connectivity index (χ3n) is 10.0. The highest BCUT2D eigenvalue weighted by atomic mass is 15.1. The summed E-state index contributed by atoms with van der Waals surface area (Å²) in [4.78, 5) is 10.2. The Morgan fingerprint density at radius 2 is 0.863 bits per heavy atom. The average Bonchev–Trinajstić information content (AvgIpc) is 3.61. The van der Waals surface area contributed by atoms with Crippen molar-refractivity contribution < 1.29 is 0 Å². The molecule has 2 aromatic heterocycles. The minimum Gasteiger partial charge on any atom is -0.292 e. The highest BCUT2D eigenvalue weighted by Gasteiger charge is 2.15. The number of benzene rings is 8. The molecule has 0 radical (unpaired) electrons. The Labute approximate surface area is 295 Å². The van der Waals surface area contributed by atoms with Gasteiger partial charge in [-0.3, -0.25) is 4.57 Å². The zero-order valence-corrected chi connectivity index (χ0v) is 27.7. The SMILES string of the molecule is c1ccc(-n2c(-c3ccc(-c4ccc(-c5ccc(-c6nc7ccccc7c7c6ccc6ccccc67)cc5)cc4)cc3)nc3ccccc32)cc1. The van der Waals surface area contributed by atoms with Crippen LogP contribution in [0, 0.1) is 0 Å². The number of hydrogen-bond acceptors (Lipinski definition) is 2. The number of imidazole rings is 1. The zero-order valence-electron chi connectivity index (χ0n) is 27.7. The van der Waals surface area contributed by atoms with E-state index in [4.69, 9.17) is 9.97 Å². The van der Waals surface area contributed by atoms with E-state index in [1.807, 2.05) is 12.1 Å². The predicted octanol–water partition coefficient (Wildman–Crippen LogP) is 12.5. The molecule has 0 bridgehead atoms. The van der Waals surface area contributed by atoms with Crippen molar-refractivity contribution in [3.63, 3.8) is 0 Å². The first-order valence-electron chi connectivity index (χ1n) is 17.3. The minimum absolute atomic E-state index is 0.938. The fourth-order valence-electron chi connectivity index (χ4n) is 7.49. The van der Waals surface area contributed by atoms with Crippen molar-refractivity contribution in [2.45, 2.75) is 0 Å². The van der Waals surface area contributed by atoms with Gasteiger partial charge in [0.15, 0.2) is 0 Å². The molecule has 0 aliphatic heterocycles. The first-order valence-corrected chi connectivity index (χ1v) is 17.3. The number of fused-ring (bicyclic) bond motifs is 6. The van der Waals surface area contributed by atoms with Crippen LogP contribution in [-0.4, -0.2) is 14.5 Å². The van der Waals surface area contributed by atoms with Gasteiger partial charge in [-0.15, -0.1) is 0 Å². The largest absolute Gasteiger partial charge is 0.292 e. The number of rotatable bonds is 5. The average molecular weight is 650 g/mol. The molecule has 3 nitrogen and oxygen atoms in total. The number of para-hydroxylation sites is 4. The van der Waals surface area contributed by atoms with Gasteiger partial charge in [0, 0.05) is 33.0 Å². The van der Waals surface area contributed by atoms with Crippen molar-refractivity contribution in [1.29, 1.82) is 0 Å². The van der Waals surface area contributed by atoms with Crippen molar-refractivity contribution in [2.24, 2.45) is 0 Å².